The zero-order valence-electron chi connectivity index (χ0n) is 23.8. The van der Waals surface area contributed by atoms with E-state index >= 15 is 0 Å². The second-order valence-electron chi connectivity index (χ2n) is 10.8. The Bertz CT molecular complexity index is 1800. The van der Waals surface area contributed by atoms with E-state index in [1.807, 2.05) is 85.8 Å². The van der Waals surface area contributed by atoms with Crippen LogP contribution in [0, 0.1) is 13.8 Å². The molecule has 1 aliphatic rings. The SMILES string of the molecule is Cc1c(C)n(Cc2ccc(-c3ccccc3C(=O)O)cc2)c2ccc(C(=O)N[C@H](C)C3COc4ccccc4O3)cc12. The summed E-state index contributed by atoms with van der Waals surface area (Å²) in [6.07, 6.45) is -0.290. The molecule has 212 valence electrons. The predicted octanol–water partition coefficient (Wildman–Crippen LogP) is 6.63. The number of para-hydroxylation sites is 2. The first kappa shape index (κ1) is 27.1. The first-order chi connectivity index (χ1) is 20.3. The maximum Gasteiger partial charge on any atom is 0.336 e. The number of aromatic nitrogens is 1. The van der Waals surface area contributed by atoms with Crippen LogP contribution >= 0.6 is 0 Å². The molecule has 0 aliphatic carbocycles. The highest BCUT2D eigenvalue weighted by Crippen LogP contribution is 2.32. The first-order valence-corrected chi connectivity index (χ1v) is 14.0. The molecule has 1 aliphatic heterocycles. The van der Waals surface area contributed by atoms with Crippen molar-refractivity contribution >= 4 is 22.8 Å². The molecule has 2 heterocycles. The summed E-state index contributed by atoms with van der Waals surface area (Å²) in [7, 11) is 0. The summed E-state index contributed by atoms with van der Waals surface area (Å²) >= 11 is 0. The van der Waals surface area contributed by atoms with Crippen molar-refractivity contribution in [3.63, 3.8) is 0 Å². The lowest BCUT2D eigenvalue weighted by molar-refractivity contribution is 0.0606. The van der Waals surface area contributed by atoms with Gasteiger partial charge in [-0.25, -0.2) is 4.79 Å². The van der Waals surface area contributed by atoms with E-state index < -0.39 is 5.97 Å². The maximum atomic E-state index is 13.2. The van der Waals surface area contributed by atoms with Crippen LogP contribution in [-0.2, 0) is 6.54 Å². The van der Waals surface area contributed by atoms with Gasteiger partial charge in [0, 0.05) is 28.7 Å². The molecule has 0 fully saturated rings. The topological polar surface area (TPSA) is 89.8 Å². The Morgan fingerprint density at radius 3 is 2.43 bits per heavy atom. The van der Waals surface area contributed by atoms with Crippen molar-refractivity contribution in [3.05, 3.63) is 119 Å². The van der Waals surface area contributed by atoms with Gasteiger partial charge in [0.25, 0.3) is 5.91 Å². The fourth-order valence-corrected chi connectivity index (χ4v) is 5.55. The molecule has 1 aromatic heterocycles. The zero-order chi connectivity index (χ0) is 29.4. The van der Waals surface area contributed by atoms with Crippen LogP contribution in [0.3, 0.4) is 0 Å². The van der Waals surface area contributed by atoms with E-state index in [4.69, 9.17) is 9.47 Å². The molecule has 2 N–H and O–H groups in total. The number of ether oxygens (including phenoxy) is 2. The van der Waals surface area contributed by atoms with Crippen molar-refractivity contribution in [2.24, 2.45) is 0 Å². The van der Waals surface area contributed by atoms with E-state index in [0.29, 0.717) is 35.8 Å². The van der Waals surface area contributed by atoms with E-state index in [-0.39, 0.29) is 23.6 Å². The molecule has 1 amide bonds. The molecule has 0 bridgehead atoms. The Labute approximate surface area is 244 Å². The Balaban J connectivity index is 1.19. The van der Waals surface area contributed by atoms with Crippen molar-refractivity contribution in [3.8, 4) is 22.6 Å². The molecular formula is C35H32N2O5. The number of hydrogen-bond acceptors (Lipinski definition) is 4. The lowest BCUT2D eigenvalue weighted by Crippen LogP contribution is -2.48. The summed E-state index contributed by atoms with van der Waals surface area (Å²) in [6.45, 7) is 7.11. The summed E-state index contributed by atoms with van der Waals surface area (Å²) in [6, 6.07) is 28.1. The third-order valence-electron chi connectivity index (χ3n) is 8.11. The normalized spacial score (nSPS) is 14.9. The average molecular weight is 561 g/mol. The highest BCUT2D eigenvalue weighted by Gasteiger charge is 2.27. The van der Waals surface area contributed by atoms with Crippen molar-refractivity contribution in [1.82, 2.24) is 9.88 Å². The summed E-state index contributed by atoms with van der Waals surface area (Å²) in [5.74, 6) is 0.300. The third-order valence-corrected chi connectivity index (χ3v) is 8.11. The van der Waals surface area contributed by atoms with Gasteiger partial charge in [-0.1, -0.05) is 54.6 Å². The van der Waals surface area contributed by atoms with Gasteiger partial charge in [0.2, 0.25) is 0 Å². The Hall–Kier alpha value is -5.04. The lowest BCUT2D eigenvalue weighted by atomic mass is 9.99. The smallest absolute Gasteiger partial charge is 0.336 e. The fraction of sp³-hybridized carbons (Fsp3) is 0.200. The molecule has 7 heteroatoms. The van der Waals surface area contributed by atoms with Gasteiger partial charge < -0.3 is 24.5 Å². The molecule has 0 saturated heterocycles. The van der Waals surface area contributed by atoms with E-state index in [1.54, 1.807) is 12.1 Å². The highest BCUT2D eigenvalue weighted by molar-refractivity contribution is 5.99. The molecule has 0 saturated carbocycles. The Morgan fingerprint density at radius 1 is 0.952 bits per heavy atom. The number of benzene rings is 4. The molecule has 2 atom stereocenters. The molecule has 1 unspecified atom stereocenters. The number of amides is 1. The van der Waals surface area contributed by atoms with Crippen molar-refractivity contribution in [2.45, 2.75) is 39.5 Å². The van der Waals surface area contributed by atoms with Gasteiger partial charge >= 0.3 is 5.97 Å². The molecule has 7 nitrogen and oxygen atoms in total. The largest absolute Gasteiger partial charge is 0.486 e. The van der Waals surface area contributed by atoms with Gasteiger partial charge in [0.05, 0.1) is 11.6 Å². The van der Waals surface area contributed by atoms with E-state index in [9.17, 15) is 14.7 Å². The van der Waals surface area contributed by atoms with Crippen LogP contribution in [-0.4, -0.2) is 40.3 Å². The highest BCUT2D eigenvalue weighted by atomic mass is 16.6. The van der Waals surface area contributed by atoms with Gasteiger partial charge in [-0.15, -0.1) is 0 Å². The maximum absolute atomic E-state index is 13.2. The standard InChI is InChI=1S/C35H32N2O5/c1-21-23(3)37(19-24-12-14-25(15-13-24)27-8-4-5-9-28(27)35(39)40)30-17-16-26(18-29(21)30)34(38)36-22(2)33-20-41-31-10-6-7-11-32(31)42-33/h4-18,22,33H,19-20H2,1-3H3,(H,36,38)(H,39,40)/t22-,33?/m1/s1. The van der Waals surface area contributed by atoms with Gasteiger partial charge in [-0.05, 0) is 79.4 Å². The van der Waals surface area contributed by atoms with Crippen LogP contribution in [0.5, 0.6) is 11.5 Å². The minimum atomic E-state index is -0.941. The quantitative estimate of drug-likeness (QED) is 0.233. The van der Waals surface area contributed by atoms with Gasteiger partial charge in [-0.2, -0.15) is 0 Å². The van der Waals surface area contributed by atoms with E-state index in [1.165, 1.54) is 0 Å². The van der Waals surface area contributed by atoms with Gasteiger partial charge in [0.15, 0.2) is 17.6 Å². The zero-order valence-corrected chi connectivity index (χ0v) is 23.8. The summed E-state index contributed by atoms with van der Waals surface area (Å²) in [4.78, 5) is 24.9. The van der Waals surface area contributed by atoms with Crippen LogP contribution in [0.2, 0.25) is 0 Å². The second kappa shape index (κ2) is 11.1. The molecule has 5 aromatic rings. The van der Waals surface area contributed by atoms with Crippen molar-refractivity contribution in [2.75, 3.05) is 6.61 Å². The number of fused-ring (bicyclic) bond motifs is 2. The minimum Gasteiger partial charge on any atom is -0.486 e. The first-order valence-electron chi connectivity index (χ1n) is 14.0. The number of carboxylic acid groups (broad SMARTS) is 1. The van der Waals surface area contributed by atoms with Crippen LogP contribution in [0.1, 0.15) is 44.5 Å². The monoisotopic (exact) mass is 560 g/mol. The molecule has 0 spiro atoms. The summed E-state index contributed by atoms with van der Waals surface area (Å²) < 4.78 is 14.1. The third kappa shape index (κ3) is 5.09. The van der Waals surface area contributed by atoms with Crippen molar-refractivity contribution < 1.29 is 24.2 Å². The Kier molecular flexibility index (Phi) is 7.17. The number of nitrogens with one attached hydrogen (secondary N) is 1. The lowest BCUT2D eigenvalue weighted by Gasteiger charge is -2.30. The second-order valence-corrected chi connectivity index (χ2v) is 10.8. The van der Waals surface area contributed by atoms with Crippen LogP contribution in [0.15, 0.2) is 91.0 Å². The molecule has 0 radical (unpaired) electrons. The molecule has 42 heavy (non-hydrogen) atoms. The van der Waals surface area contributed by atoms with Crippen molar-refractivity contribution in [1.29, 1.82) is 0 Å². The number of carbonyl (C=O) groups excluding carboxylic acids is 1. The number of aryl methyl sites for hydroxylation is 1. The summed E-state index contributed by atoms with van der Waals surface area (Å²) in [5, 5.41) is 13.7. The minimum absolute atomic E-state index is 0.158. The predicted molar refractivity (Wildman–Crippen MR) is 163 cm³/mol. The number of carbonyl (C=O) groups is 2. The van der Waals surface area contributed by atoms with Gasteiger partial charge in [0.1, 0.15) is 6.61 Å². The number of hydrogen-bond donors (Lipinski definition) is 2. The fourth-order valence-electron chi connectivity index (χ4n) is 5.55. The molecule has 4 aromatic carbocycles. The van der Waals surface area contributed by atoms with Crippen LogP contribution in [0.25, 0.3) is 22.0 Å². The van der Waals surface area contributed by atoms with E-state index in [2.05, 4.69) is 23.7 Å². The van der Waals surface area contributed by atoms with E-state index in [0.717, 1.165) is 33.3 Å². The average Bonchev–Trinajstić information content (AvgIpc) is 3.25. The molecule has 6 rings (SSSR count). The number of rotatable bonds is 7. The number of nitrogens with zero attached hydrogens (tertiary/aromatic N) is 1. The van der Waals surface area contributed by atoms with Crippen LogP contribution < -0.4 is 14.8 Å². The number of aromatic carboxylic acids is 1. The van der Waals surface area contributed by atoms with Gasteiger partial charge in [-0.3, -0.25) is 4.79 Å². The molecular weight excluding hydrogens is 528 g/mol. The Morgan fingerprint density at radius 2 is 1.67 bits per heavy atom. The van der Waals surface area contributed by atoms with Crippen LogP contribution in [0.4, 0.5) is 0 Å². The number of carboxylic acids is 1. The summed E-state index contributed by atoms with van der Waals surface area (Å²) in [5.41, 5.74) is 6.83.